The Morgan fingerprint density at radius 2 is 1.73 bits per heavy atom. The van der Waals surface area contributed by atoms with Crippen LogP contribution in [-0.4, -0.2) is 41.6 Å². The molecule has 1 aliphatic rings. The van der Waals surface area contributed by atoms with Gasteiger partial charge in [0.25, 0.3) is 0 Å². The van der Waals surface area contributed by atoms with Crippen LogP contribution in [0.25, 0.3) is 0 Å². The molecule has 0 saturated carbocycles. The molecule has 0 atom stereocenters. The number of phenols is 1. The van der Waals surface area contributed by atoms with E-state index in [9.17, 15) is 9.90 Å². The predicted molar refractivity (Wildman–Crippen MR) is 105 cm³/mol. The topological polar surface area (TPSA) is 43.8 Å². The Morgan fingerprint density at radius 3 is 2.35 bits per heavy atom. The maximum absolute atomic E-state index is 12.5. The van der Waals surface area contributed by atoms with Gasteiger partial charge in [-0.2, -0.15) is 0 Å². The minimum absolute atomic E-state index is 0.207. The third-order valence-corrected chi connectivity index (χ3v) is 5.18. The van der Waals surface area contributed by atoms with E-state index in [0.29, 0.717) is 12.2 Å². The molecular formula is C22H28N2O2. The molecule has 0 radical (unpaired) electrons. The smallest absolute Gasteiger partial charge is 0.226 e. The fourth-order valence-electron chi connectivity index (χ4n) is 3.67. The zero-order chi connectivity index (χ0) is 18.4. The molecule has 1 aliphatic heterocycles. The SMILES string of the molecule is CCC(=O)N(c1ccccc1)C1CCN(CCc2ccc(O)cc2)CC1. The van der Waals surface area contributed by atoms with Gasteiger partial charge in [-0.15, -0.1) is 0 Å². The molecule has 1 saturated heterocycles. The van der Waals surface area contributed by atoms with Crippen LogP contribution < -0.4 is 4.90 Å². The molecule has 1 N–H and O–H groups in total. The monoisotopic (exact) mass is 352 g/mol. The van der Waals surface area contributed by atoms with E-state index in [2.05, 4.69) is 4.90 Å². The summed E-state index contributed by atoms with van der Waals surface area (Å²) in [6.45, 7) is 4.99. The molecule has 2 aromatic carbocycles. The van der Waals surface area contributed by atoms with Crippen LogP contribution in [0.2, 0.25) is 0 Å². The van der Waals surface area contributed by atoms with Crippen LogP contribution >= 0.6 is 0 Å². The lowest BCUT2D eigenvalue weighted by Crippen LogP contribution is -2.47. The summed E-state index contributed by atoms with van der Waals surface area (Å²) in [5.74, 6) is 0.523. The second-order valence-corrected chi connectivity index (χ2v) is 6.94. The van der Waals surface area contributed by atoms with E-state index in [1.807, 2.05) is 54.3 Å². The third kappa shape index (κ3) is 4.64. The summed E-state index contributed by atoms with van der Waals surface area (Å²) < 4.78 is 0. The Morgan fingerprint density at radius 1 is 1.08 bits per heavy atom. The highest BCUT2D eigenvalue weighted by Gasteiger charge is 2.28. The lowest BCUT2D eigenvalue weighted by molar-refractivity contribution is -0.119. The molecule has 0 unspecified atom stereocenters. The molecule has 4 nitrogen and oxygen atoms in total. The van der Waals surface area contributed by atoms with Gasteiger partial charge in [-0.25, -0.2) is 0 Å². The van der Waals surface area contributed by atoms with Gasteiger partial charge in [0.15, 0.2) is 0 Å². The number of benzene rings is 2. The summed E-state index contributed by atoms with van der Waals surface area (Å²) in [5, 5.41) is 9.37. The van der Waals surface area contributed by atoms with Crippen molar-refractivity contribution in [3.8, 4) is 5.75 Å². The normalized spacial score (nSPS) is 15.7. The third-order valence-electron chi connectivity index (χ3n) is 5.18. The zero-order valence-electron chi connectivity index (χ0n) is 15.5. The summed E-state index contributed by atoms with van der Waals surface area (Å²) in [5.41, 5.74) is 2.26. The fraction of sp³-hybridized carbons (Fsp3) is 0.409. The maximum atomic E-state index is 12.5. The first-order valence-electron chi connectivity index (χ1n) is 9.54. The molecule has 0 spiro atoms. The summed E-state index contributed by atoms with van der Waals surface area (Å²) >= 11 is 0. The number of rotatable bonds is 6. The fourth-order valence-corrected chi connectivity index (χ4v) is 3.67. The van der Waals surface area contributed by atoms with Crippen LogP contribution in [0.15, 0.2) is 54.6 Å². The van der Waals surface area contributed by atoms with Gasteiger partial charge in [-0.1, -0.05) is 37.3 Å². The molecule has 1 amide bonds. The van der Waals surface area contributed by atoms with E-state index in [-0.39, 0.29) is 11.9 Å². The van der Waals surface area contributed by atoms with Crippen molar-refractivity contribution in [2.24, 2.45) is 0 Å². The Kier molecular flexibility index (Phi) is 6.29. The number of carbonyl (C=O) groups excluding carboxylic acids is 1. The van der Waals surface area contributed by atoms with Crippen molar-refractivity contribution in [3.05, 3.63) is 60.2 Å². The highest BCUT2D eigenvalue weighted by molar-refractivity contribution is 5.93. The predicted octanol–water partition coefficient (Wildman–Crippen LogP) is 3.84. The number of anilines is 1. The van der Waals surface area contributed by atoms with Gasteiger partial charge in [0, 0.05) is 37.8 Å². The van der Waals surface area contributed by atoms with Crippen LogP contribution in [0.5, 0.6) is 5.75 Å². The zero-order valence-corrected chi connectivity index (χ0v) is 15.5. The van der Waals surface area contributed by atoms with Gasteiger partial charge in [0.2, 0.25) is 5.91 Å². The highest BCUT2D eigenvalue weighted by Crippen LogP contribution is 2.24. The van der Waals surface area contributed by atoms with Gasteiger partial charge >= 0.3 is 0 Å². The van der Waals surface area contributed by atoms with Crippen LogP contribution in [0.4, 0.5) is 5.69 Å². The Bertz CT molecular complexity index is 692. The van der Waals surface area contributed by atoms with E-state index in [4.69, 9.17) is 0 Å². The number of likely N-dealkylation sites (tertiary alicyclic amines) is 1. The molecular weight excluding hydrogens is 324 g/mol. The number of amides is 1. The molecule has 0 bridgehead atoms. The molecule has 3 rings (SSSR count). The van der Waals surface area contributed by atoms with Gasteiger partial charge in [-0.3, -0.25) is 4.79 Å². The highest BCUT2D eigenvalue weighted by atomic mass is 16.3. The molecule has 4 heteroatoms. The molecule has 1 fully saturated rings. The van der Waals surface area contributed by atoms with E-state index in [1.165, 1.54) is 5.56 Å². The van der Waals surface area contributed by atoms with Crippen LogP contribution in [0.1, 0.15) is 31.7 Å². The number of carbonyl (C=O) groups is 1. The number of piperidine rings is 1. The van der Waals surface area contributed by atoms with Crippen LogP contribution in [0.3, 0.4) is 0 Å². The largest absolute Gasteiger partial charge is 0.508 e. The molecule has 0 aromatic heterocycles. The van der Waals surface area contributed by atoms with E-state index >= 15 is 0 Å². The van der Waals surface area contributed by atoms with Gasteiger partial charge < -0.3 is 14.9 Å². The lowest BCUT2D eigenvalue weighted by Gasteiger charge is -2.38. The lowest BCUT2D eigenvalue weighted by atomic mass is 10.0. The van der Waals surface area contributed by atoms with Crippen molar-refractivity contribution >= 4 is 11.6 Å². The van der Waals surface area contributed by atoms with Crippen LogP contribution in [-0.2, 0) is 11.2 Å². The second-order valence-electron chi connectivity index (χ2n) is 6.94. The second kappa shape index (κ2) is 8.86. The van der Waals surface area contributed by atoms with Crippen molar-refractivity contribution in [2.75, 3.05) is 24.5 Å². The number of phenolic OH excluding ortho intramolecular Hbond substituents is 1. The molecule has 2 aromatic rings. The minimum atomic E-state index is 0.207. The Hall–Kier alpha value is -2.33. The first-order chi connectivity index (χ1) is 12.7. The van der Waals surface area contributed by atoms with E-state index in [0.717, 1.165) is 44.6 Å². The maximum Gasteiger partial charge on any atom is 0.226 e. The molecule has 26 heavy (non-hydrogen) atoms. The summed E-state index contributed by atoms with van der Waals surface area (Å²) in [7, 11) is 0. The average molecular weight is 352 g/mol. The summed E-state index contributed by atoms with van der Waals surface area (Å²) in [4.78, 5) is 17.0. The molecule has 0 aliphatic carbocycles. The first-order valence-corrected chi connectivity index (χ1v) is 9.54. The number of para-hydroxylation sites is 1. The summed E-state index contributed by atoms with van der Waals surface area (Å²) in [6, 6.07) is 17.8. The number of nitrogens with zero attached hydrogens (tertiary/aromatic N) is 2. The Labute approximate surface area is 156 Å². The first kappa shape index (κ1) is 18.5. The van der Waals surface area contributed by atoms with E-state index in [1.54, 1.807) is 12.1 Å². The van der Waals surface area contributed by atoms with Crippen molar-refractivity contribution in [3.63, 3.8) is 0 Å². The number of hydrogen-bond donors (Lipinski definition) is 1. The Balaban J connectivity index is 1.56. The standard InChI is InChI=1S/C22H28N2O2/c1-2-22(26)24(19-6-4-3-5-7-19)20-13-16-23(17-14-20)15-12-18-8-10-21(25)11-9-18/h3-11,20,25H,2,12-17H2,1H3. The van der Waals surface area contributed by atoms with Crippen molar-refractivity contribution in [2.45, 2.75) is 38.6 Å². The van der Waals surface area contributed by atoms with Crippen LogP contribution in [0, 0.1) is 0 Å². The molecule has 1 heterocycles. The van der Waals surface area contributed by atoms with E-state index < -0.39 is 0 Å². The summed E-state index contributed by atoms with van der Waals surface area (Å²) in [6.07, 6.45) is 3.55. The number of aromatic hydroxyl groups is 1. The van der Waals surface area contributed by atoms with Gasteiger partial charge in [-0.05, 0) is 49.1 Å². The van der Waals surface area contributed by atoms with Crippen molar-refractivity contribution in [1.82, 2.24) is 4.90 Å². The van der Waals surface area contributed by atoms with Gasteiger partial charge in [0.1, 0.15) is 5.75 Å². The van der Waals surface area contributed by atoms with Crippen molar-refractivity contribution < 1.29 is 9.90 Å². The minimum Gasteiger partial charge on any atom is -0.508 e. The van der Waals surface area contributed by atoms with Gasteiger partial charge in [0.05, 0.1) is 0 Å². The van der Waals surface area contributed by atoms with Crippen molar-refractivity contribution in [1.29, 1.82) is 0 Å². The number of hydrogen-bond acceptors (Lipinski definition) is 3. The quantitative estimate of drug-likeness (QED) is 0.859. The molecule has 138 valence electrons. The average Bonchev–Trinajstić information content (AvgIpc) is 2.69.